The molecule has 4 nitrogen and oxygen atoms in total. The van der Waals surface area contributed by atoms with E-state index in [4.69, 9.17) is 9.47 Å². The van der Waals surface area contributed by atoms with Crippen LogP contribution in [0, 0.1) is 5.41 Å². The number of carbonyl (C=O) groups excluding carboxylic acids is 1. The summed E-state index contributed by atoms with van der Waals surface area (Å²) in [5.74, 6) is 1.21. The molecule has 1 aliphatic rings. The van der Waals surface area contributed by atoms with E-state index in [1.807, 2.05) is 0 Å². The quantitative estimate of drug-likeness (QED) is 0.808. The highest BCUT2D eigenvalue weighted by Crippen LogP contribution is 2.34. The Balaban J connectivity index is 2.29. The van der Waals surface area contributed by atoms with Crippen LogP contribution in [-0.4, -0.2) is 26.2 Å². The molecule has 0 saturated carbocycles. The fourth-order valence-electron chi connectivity index (χ4n) is 1.61. The lowest BCUT2D eigenvalue weighted by atomic mass is 9.97. The molecule has 0 aromatic heterocycles. The Kier molecular flexibility index (Phi) is 2.96. The zero-order chi connectivity index (χ0) is 12.5. The Morgan fingerprint density at radius 1 is 1.24 bits per heavy atom. The van der Waals surface area contributed by atoms with Crippen LogP contribution in [0.5, 0.6) is 11.5 Å². The lowest BCUT2D eigenvalue weighted by molar-refractivity contribution is 0.0962. The van der Waals surface area contributed by atoms with Crippen LogP contribution >= 0.6 is 0 Å². The third-order valence-corrected chi connectivity index (χ3v) is 2.67. The Bertz CT molecular complexity index is 440. The molecule has 1 aromatic carbocycles. The minimum atomic E-state index is -0.125. The molecule has 0 saturated heterocycles. The fraction of sp³-hybridized carbons (Fsp3) is 0.462. The van der Waals surface area contributed by atoms with Gasteiger partial charge in [-0.25, -0.2) is 0 Å². The first-order chi connectivity index (χ1) is 8.02. The molecule has 0 spiro atoms. The first kappa shape index (κ1) is 11.8. The number of ether oxygens (including phenoxy) is 2. The number of hydrogen-bond donors (Lipinski definition) is 1. The van der Waals surface area contributed by atoms with E-state index in [1.54, 1.807) is 25.2 Å². The van der Waals surface area contributed by atoms with E-state index in [0.717, 1.165) is 0 Å². The second-order valence-corrected chi connectivity index (χ2v) is 4.98. The number of hydrogen-bond acceptors (Lipinski definition) is 3. The summed E-state index contributed by atoms with van der Waals surface area (Å²) in [4.78, 5) is 11.5. The lowest BCUT2D eigenvalue weighted by Crippen LogP contribution is -2.26. The Labute approximate surface area is 101 Å². The molecule has 0 unspecified atom stereocenters. The summed E-state index contributed by atoms with van der Waals surface area (Å²) in [6.45, 7) is 5.35. The molecule has 0 radical (unpaired) electrons. The van der Waals surface area contributed by atoms with Crippen LogP contribution in [0.25, 0.3) is 0 Å². The molecular weight excluding hydrogens is 218 g/mol. The van der Waals surface area contributed by atoms with Crippen molar-refractivity contribution >= 4 is 5.91 Å². The number of rotatable bonds is 1. The van der Waals surface area contributed by atoms with Crippen molar-refractivity contribution in [2.45, 2.75) is 13.8 Å². The summed E-state index contributed by atoms with van der Waals surface area (Å²) in [7, 11) is 1.61. The maximum absolute atomic E-state index is 11.5. The first-order valence-corrected chi connectivity index (χ1v) is 5.63. The molecule has 4 heteroatoms. The molecular formula is C13H17NO3. The van der Waals surface area contributed by atoms with Crippen LogP contribution < -0.4 is 14.8 Å². The van der Waals surface area contributed by atoms with Crippen molar-refractivity contribution in [2.24, 2.45) is 5.41 Å². The number of fused-ring (bicyclic) bond motifs is 1. The molecule has 0 aliphatic carbocycles. The normalized spacial score (nSPS) is 17.1. The van der Waals surface area contributed by atoms with Gasteiger partial charge in [-0.2, -0.15) is 0 Å². The Morgan fingerprint density at radius 2 is 1.88 bits per heavy atom. The van der Waals surface area contributed by atoms with Crippen molar-refractivity contribution in [2.75, 3.05) is 20.3 Å². The van der Waals surface area contributed by atoms with Crippen molar-refractivity contribution < 1.29 is 14.3 Å². The molecule has 1 aromatic rings. The van der Waals surface area contributed by atoms with E-state index in [1.165, 1.54) is 0 Å². The van der Waals surface area contributed by atoms with Gasteiger partial charge in [0.2, 0.25) is 0 Å². The number of nitrogens with one attached hydrogen (secondary N) is 1. The first-order valence-electron chi connectivity index (χ1n) is 5.63. The van der Waals surface area contributed by atoms with Gasteiger partial charge >= 0.3 is 0 Å². The fourth-order valence-corrected chi connectivity index (χ4v) is 1.61. The summed E-state index contributed by atoms with van der Waals surface area (Å²) < 4.78 is 11.4. The molecule has 0 bridgehead atoms. The van der Waals surface area contributed by atoms with Gasteiger partial charge in [-0.15, -0.1) is 0 Å². The van der Waals surface area contributed by atoms with E-state index >= 15 is 0 Å². The summed E-state index contributed by atoms with van der Waals surface area (Å²) in [6, 6.07) is 5.23. The van der Waals surface area contributed by atoms with E-state index in [-0.39, 0.29) is 11.3 Å². The smallest absolute Gasteiger partial charge is 0.251 e. The van der Waals surface area contributed by atoms with E-state index in [9.17, 15) is 4.79 Å². The second kappa shape index (κ2) is 4.28. The van der Waals surface area contributed by atoms with Gasteiger partial charge in [0.25, 0.3) is 5.91 Å². The van der Waals surface area contributed by atoms with Crippen LogP contribution in [0.3, 0.4) is 0 Å². The summed E-state index contributed by atoms with van der Waals surface area (Å²) in [5, 5.41) is 2.58. The topological polar surface area (TPSA) is 47.6 Å². The Morgan fingerprint density at radius 3 is 2.53 bits per heavy atom. The van der Waals surface area contributed by atoms with Crippen LogP contribution in [0.1, 0.15) is 24.2 Å². The van der Waals surface area contributed by atoms with Gasteiger partial charge < -0.3 is 14.8 Å². The summed E-state index contributed by atoms with van der Waals surface area (Å²) in [6.07, 6.45) is 0. The van der Waals surface area contributed by atoms with Crippen molar-refractivity contribution in [1.82, 2.24) is 5.32 Å². The zero-order valence-electron chi connectivity index (χ0n) is 10.4. The molecule has 17 heavy (non-hydrogen) atoms. The largest absolute Gasteiger partial charge is 0.489 e. The molecule has 0 atom stereocenters. The van der Waals surface area contributed by atoms with Gasteiger partial charge in [-0.05, 0) is 18.2 Å². The Hall–Kier alpha value is -1.71. The molecule has 1 aliphatic heterocycles. The molecule has 0 fully saturated rings. The second-order valence-electron chi connectivity index (χ2n) is 4.98. The monoisotopic (exact) mass is 235 g/mol. The van der Waals surface area contributed by atoms with Gasteiger partial charge in [0.05, 0.1) is 13.2 Å². The average molecular weight is 235 g/mol. The minimum absolute atomic E-state index is 0.0216. The maximum atomic E-state index is 11.5. The average Bonchev–Trinajstić information content (AvgIpc) is 2.47. The van der Waals surface area contributed by atoms with Crippen LogP contribution in [0.15, 0.2) is 18.2 Å². The van der Waals surface area contributed by atoms with Gasteiger partial charge in [0.15, 0.2) is 11.5 Å². The molecule has 92 valence electrons. The van der Waals surface area contributed by atoms with Crippen molar-refractivity contribution in [3.8, 4) is 11.5 Å². The number of benzene rings is 1. The van der Waals surface area contributed by atoms with Gasteiger partial charge in [0, 0.05) is 18.0 Å². The number of carbonyl (C=O) groups is 1. The van der Waals surface area contributed by atoms with E-state index in [2.05, 4.69) is 19.2 Å². The zero-order valence-corrected chi connectivity index (χ0v) is 10.4. The SMILES string of the molecule is CNC(=O)c1ccc2c(c1)OCC(C)(C)CO2. The maximum Gasteiger partial charge on any atom is 0.251 e. The highest BCUT2D eigenvalue weighted by Gasteiger charge is 2.25. The van der Waals surface area contributed by atoms with Crippen LogP contribution in [0.4, 0.5) is 0 Å². The summed E-state index contributed by atoms with van der Waals surface area (Å²) in [5.41, 5.74) is 0.557. The van der Waals surface area contributed by atoms with Gasteiger partial charge in [-0.1, -0.05) is 13.8 Å². The predicted octanol–water partition coefficient (Wildman–Crippen LogP) is 1.84. The van der Waals surface area contributed by atoms with Crippen molar-refractivity contribution in [3.63, 3.8) is 0 Å². The lowest BCUT2D eigenvalue weighted by Gasteiger charge is -2.19. The number of amides is 1. The van der Waals surface area contributed by atoms with Gasteiger partial charge in [-0.3, -0.25) is 4.79 Å². The molecule has 1 N–H and O–H groups in total. The predicted molar refractivity (Wildman–Crippen MR) is 64.6 cm³/mol. The van der Waals surface area contributed by atoms with Gasteiger partial charge in [0.1, 0.15) is 0 Å². The minimum Gasteiger partial charge on any atom is -0.489 e. The highest BCUT2D eigenvalue weighted by atomic mass is 16.5. The standard InChI is InChI=1S/C13H17NO3/c1-13(2)7-16-10-5-4-9(12(15)14-3)6-11(10)17-8-13/h4-6H,7-8H2,1-3H3,(H,14,15). The molecule has 2 rings (SSSR count). The van der Waals surface area contributed by atoms with Crippen LogP contribution in [-0.2, 0) is 0 Å². The molecule has 1 amide bonds. The third kappa shape index (κ3) is 2.52. The van der Waals surface area contributed by atoms with Crippen molar-refractivity contribution in [3.05, 3.63) is 23.8 Å². The third-order valence-electron chi connectivity index (χ3n) is 2.67. The highest BCUT2D eigenvalue weighted by molar-refractivity contribution is 5.94. The van der Waals surface area contributed by atoms with E-state index in [0.29, 0.717) is 30.3 Å². The summed E-state index contributed by atoms with van der Waals surface area (Å²) >= 11 is 0. The van der Waals surface area contributed by atoms with Crippen LogP contribution in [0.2, 0.25) is 0 Å². The van der Waals surface area contributed by atoms with Crippen molar-refractivity contribution in [1.29, 1.82) is 0 Å². The van der Waals surface area contributed by atoms with E-state index < -0.39 is 0 Å². The molecule has 1 heterocycles.